The van der Waals surface area contributed by atoms with E-state index in [-0.39, 0.29) is 24.5 Å². The molecule has 0 bridgehead atoms. The number of hydrogen-bond acceptors (Lipinski definition) is 4. The van der Waals surface area contributed by atoms with Crippen LogP contribution in [0.15, 0.2) is 18.2 Å². The topological polar surface area (TPSA) is 93.4 Å². The molecule has 4 N–H and O–H groups in total. The number of nitrogens with two attached hydrogens (primary N) is 1. The van der Waals surface area contributed by atoms with E-state index >= 15 is 0 Å². The second-order valence-electron chi connectivity index (χ2n) is 6.39. The molecule has 1 aromatic carbocycles. The standard InChI is InChI=1S/C18H27N3O3/c1-12-10-13(17(22)20-14-6-4-3-5-7-14)8-9-16(12)21-18(23)15(19)11-24-2/h8-10,14-15H,3-7,11,19H2,1-2H3,(H,20,22)(H,21,23). The lowest BCUT2D eigenvalue weighted by Crippen LogP contribution is -2.39. The summed E-state index contributed by atoms with van der Waals surface area (Å²) in [7, 11) is 1.50. The maximum Gasteiger partial charge on any atom is 0.251 e. The lowest BCUT2D eigenvalue weighted by molar-refractivity contribution is -0.118. The molecule has 0 aliphatic heterocycles. The Morgan fingerprint density at radius 3 is 2.62 bits per heavy atom. The van der Waals surface area contributed by atoms with Gasteiger partial charge in [0.05, 0.1) is 6.61 Å². The van der Waals surface area contributed by atoms with E-state index in [1.807, 2.05) is 6.92 Å². The maximum absolute atomic E-state index is 12.4. The summed E-state index contributed by atoms with van der Waals surface area (Å²) in [6.45, 7) is 2.02. The summed E-state index contributed by atoms with van der Waals surface area (Å²) in [5.41, 5.74) is 7.79. The average molecular weight is 333 g/mol. The molecule has 1 fully saturated rings. The fraction of sp³-hybridized carbons (Fsp3) is 0.556. The monoisotopic (exact) mass is 333 g/mol. The number of amides is 2. The highest BCUT2D eigenvalue weighted by molar-refractivity contribution is 5.98. The van der Waals surface area contributed by atoms with E-state index in [0.717, 1.165) is 18.4 Å². The van der Waals surface area contributed by atoms with Gasteiger partial charge >= 0.3 is 0 Å². The van der Waals surface area contributed by atoms with Crippen LogP contribution >= 0.6 is 0 Å². The quantitative estimate of drug-likeness (QED) is 0.742. The minimum Gasteiger partial charge on any atom is -0.383 e. The Hall–Kier alpha value is -1.92. The minimum absolute atomic E-state index is 0.0565. The lowest BCUT2D eigenvalue weighted by atomic mass is 9.95. The molecule has 0 aromatic heterocycles. The Bertz CT molecular complexity index is 583. The third-order valence-electron chi connectivity index (χ3n) is 4.37. The minimum atomic E-state index is -0.719. The van der Waals surface area contributed by atoms with Gasteiger partial charge < -0.3 is 21.1 Å². The van der Waals surface area contributed by atoms with Crippen molar-refractivity contribution in [2.75, 3.05) is 19.0 Å². The van der Waals surface area contributed by atoms with Crippen LogP contribution in [0.2, 0.25) is 0 Å². The van der Waals surface area contributed by atoms with Gasteiger partial charge in [-0.05, 0) is 43.5 Å². The van der Waals surface area contributed by atoms with Crippen LogP contribution in [0.5, 0.6) is 0 Å². The molecule has 1 unspecified atom stereocenters. The zero-order valence-corrected chi connectivity index (χ0v) is 14.4. The van der Waals surface area contributed by atoms with Crippen molar-refractivity contribution >= 4 is 17.5 Å². The molecule has 24 heavy (non-hydrogen) atoms. The molecule has 0 heterocycles. The van der Waals surface area contributed by atoms with E-state index in [1.54, 1.807) is 18.2 Å². The van der Waals surface area contributed by atoms with Gasteiger partial charge in [0.25, 0.3) is 5.91 Å². The van der Waals surface area contributed by atoms with E-state index in [0.29, 0.717) is 11.3 Å². The lowest BCUT2D eigenvalue weighted by Gasteiger charge is -2.23. The van der Waals surface area contributed by atoms with Crippen molar-refractivity contribution in [2.45, 2.75) is 51.1 Å². The van der Waals surface area contributed by atoms with Crippen LogP contribution in [-0.2, 0) is 9.53 Å². The molecule has 132 valence electrons. The van der Waals surface area contributed by atoms with Crippen molar-refractivity contribution in [1.82, 2.24) is 5.32 Å². The predicted octanol–water partition coefficient (Wildman–Crippen LogP) is 1.97. The van der Waals surface area contributed by atoms with Crippen LogP contribution in [0, 0.1) is 6.92 Å². The smallest absolute Gasteiger partial charge is 0.251 e. The van der Waals surface area contributed by atoms with Gasteiger partial charge in [-0.2, -0.15) is 0 Å². The van der Waals surface area contributed by atoms with Crippen LogP contribution < -0.4 is 16.4 Å². The number of nitrogens with one attached hydrogen (secondary N) is 2. The molecule has 1 aliphatic rings. The summed E-state index contributed by atoms with van der Waals surface area (Å²) in [6, 6.07) is 4.81. The van der Waals surface area contributed by atoms with Gasteiger partial charge in [-0.3, -0.25) is 9.59 Å². The maximum atomic E-state index is 12.4. The molecule has 0 saturated heterocycles. The normalized spacial score (nSPS) is 16.5. The summed E-state index contributed by atoms with van der Waals surface area (Å²) >= 11 is 0. The molecular formula is C18H27N3O3. The molecule has 6 nitrogen and oxygen atoms in total. The zero-order chi connectivity index (χ0) is 17.5. The van der Waals surface area contributed by atoms with E-state index in [9.17, 15) is 9.59 Å². The number of rotatable bonds is 6. The van der Waals surface area contributed by atoms with Crippen molar-refractivity contribution in [1.29, 1.82) is 0 Å². The van der Waals surface area contributed by atoms with E-state index in [4.69, 9.17) is 10.5 Å². The van der Waals surface area contributed by atoms with Gasteiger partial charge in [0, 0.05) is 24.4 Å². The Morgan fingerprint density at radius 1 is 1.29 bits per heavy atom. The van der Waals surface area contributed by atoms with Crippen LogP contribution in [0.1, 0.15) is 48.0 Å². The molecule has 1 atom stereocenters. The number of ether oxygens (including phenoxy) is 1. The Labute approximate surface area is 143 Å². The van der Waals surface area contributed by atoms with Crippen LogP contribution in [0.3, 0.4) is 0 Å². The fourth-order valence-electron chi connectivity index (χ4n) is 2.94. The van der Waals surface area contributed by atoms with Gasteiger partial charge in [-0.15, -0.1) is 0 Å². The van der Waals surface area contributed by atoms with Gasteiger partial charge in [0.15, 0.2) is 0 Å². The number of carbonyl (C=O) groups is 2. The van der Waals surface area contributed by atoms with Gasteiger partial charge in [0.1, 0.15) is 6.04 Å². The predicted molar refractivity (Wildman–Crippen MR) is 94.0 cm³/mol. The first-order valence-corrected chi connectivity index (χ1v) is 8.48. The third kappa shape index (κ3) is 5.04. The third-order valence-corrected chi connectivity index (χ3v) is 4.37. The van der Waals surface area contributed by atoms with Crippen LogP contribution in [-0.4, -0.2) is 37.6 Å². The van der Waals surface area contributed by atoms with Gasteiger partial charge in [-0.1, -0.05) is 19.3 Å². The van der Waals surface area contributed by atoms with Gasteiger partial charge in [0.2, 0.25) is 5.91 Å². The van der Waals surface area contributed by atoms with Crippen molar-refractivity contribution in [3.63, 3.8) is 0 Å². The molecule has 2 amide bonds. The Balaban J connectivity index is 1.98. The van der Waals surface area contributed by atoms with E-state index in [1.165, 1.54) is 26.4 Å². The molecule has 0 spiro atoms. The summed E-state index contributed by atoms with van der Waals surface area (Å²) in [6.07, 6.45) is 5.71. The first kappa shape index (κ1) is 18.4. The highest BCUT2D eigenvalue weighted by Gasteiger charge is 2.18. The fourth-order valence-corrected chi connectivity index (χ4v) is 2.94. The number of methoxy groups -OCH3 is 1. The summed E-state index contributed by atoms with van der Waals surface area (Å²) in [5, 5.41) is 5.86. The molecular weight excluding hydrogens is 306 g/mol. The van der Waals surface area contributed by atoms with Crippen molar-refractivity contribution in [3.8, 4) is 0 Å². The van der Waals surface area contributed by atoms with Crippen molar-refractivity contribution in [3.05, 3.63) is 29.3 Å². The molecule has 1 saturated carbocycles. The number of aryl methyl sites for hydroxylation is 1. The molecule has 6 heteroatoms. The largest absolute Gasteiger partial charge is 0.383 e. The highest BCUT2D eigenvalue weighted by atomic mass is 16.5. The summed E-state index contributed by atoms with van der Waals surface area (Å²) < 4.78 is 4.88. The number of anilines is 1. The summed E-state index contributed by atoms with van der Waals surface area (Å²) in [5.74, 6) is -0.363. The van der Waals surface area contributed by atoms with Gasteiger partial charge in [-0.25, -0.2) is 0 Å². The first-order valence-electron chi connectivity index (χ1n) is 8.48. The zero-order valence-electron chi connectivity index (χ0n) is 14.4. The highest BCUT2D eigenvalue weighted by Crippen LogP contribution is 2.20. The number of benzene rings is 1. The van der Waals surface area contributed by atoms with E-state index < -0.39 is 6.04 Å². The second-order valence-corrected chi connectivity index (χ2v) is 6.39. The molecule has 1 aromatic rings. The molecule has 1 aliphatic carbocycles. The SMILES string of the molecule is COCC(N)C(=O)Nc1ccc(C(=O)NC2CCCCC2)cc1C. The van der Waals surface area contributed by atoms with Crippen molar-refractivity contribution in [2.24, 2.45) is 5.73 Å². The summed E-state index contributed by atoms with van der Waals surface area (Å²) in [4.78, 5) is 24.3. The van der Waals surface area contributed by atoms with Crippen LogP contribution in [0.4, 0.5) is 5.69 Å². The average Bonchev–Trinajstić information content (AvgIpc) is 2.57. The number of hydrogen-bond donors (Lipinski definition) is 3. The number of carbonyl (C=O) groups excluding carboxylic acids is 2. The molecule has 0 radical (unpaired) electrons. The Kier molecular flexibility index (Phi) is 6.75. The molecule has 2 rings (SSSR count). The van der Waals surface area contributed by atoms with Crippen molar-refractivity contribution < 1.29 is 14.3 Å². The first-order chi connectivity index (χ1) is 11.5. The van der Waals surface area contributed by atoms with Crippen LogP contribution in [0.25, 0.3) is 0 Å². The second kappa shape index (κ2) is 8.80. The van der Waals surface area contributed by atoms with E-state index in [2.05, 4.69) is 10.6 Å². The Morgan fingerprint density at radius 2 is 2.00 bits per heavy atom.